The molecule has 4 nitrogen and oxygen atoms in total. The first-order valence-electron chi connectivity index (χ1n) is 6.82. The monoisotopic (exact) mass is 285 g/mol. The number of benzene rings is 2. The smallest absolute Gasteiger partial charge is 0.258 e. The van der Waals surface area contributed by atoms with Crippen molar-refractivity contribution in [1.82, 2.24) is 0 Å². The Kier molecular flexibility index (Phi) is 4.48. The highest BCUT2D eigenvalue weighted by Crippen LogP contribution is 2.26. The molecule has 0 spiro atoms. The Morgan fingerprint density at radius 3 is 2.67 bits per heavy atom. The molecule has 21 heavy (non-hydrogen) atoms. The van der Waals surface area contributed by atoms with Gasteiger partial charge in [-0.15, -0.1) is 0 Å². The molecule has 2 aromatic rings. The predicted molar refractivity (Wildman–Crippen MR) is 83.2 cm³/mol. The lowest BCUT2D eigenvalue weighted by atomic mass is 10.1. The molecular formula is C17H19NO3. The molecule has 0 atom stereocenters. The van der Waals surface area contributed by atoms with Crippen molar-refractivity contribution in [2.45, 2.75) is 13.8 Å². The minimum Gasteiger partial charge on any atom is -0.508 e. The van der Waals surface area contributed by atoms with Gasteiger partial charge in [-0.1, -0.05) is 12.1 Å². The van der Waals surface area contributed by atoms with Gasteiger partial charge in [-0.2, -0.15) is 0 Å². The van der Waals surface area contributed by atoms with Crippen molar-refractivity contribution in [3.05, 3.63) is 53.6 Å². The maximum Gasteiger partial charge on any atom is 0.258 e. The van der Waals surface area contributed by atoms with Crippen molar-refractivity contribution in [2.75, 3.05) is 18.6 Å². The Morgan fingerprint density at radius 2 is 2.00 bits per heavy atom. The van der Waals surface area contributed by atoms with Crippen LogP contribution in [0.15, 0.2) is 42.5 Å². The van der Waals surface area contributed by atoms with Gasteiger partial charge in [0.1, 0.15) is 11.5 Å². The minimum absolute atomic E-state index is 0.120. The number of ether oxygens (including phenoxy) is 1. The summed E-state index contributed by atoms with van der Waals surface area (Å²) < 4.78 is 5.16. The number of hydrogen-bond donors (Lipinski definition) is 1. The van der Waals surface area contributed by atoms with Crippen molar-refractivity contribution >= 4 is 11.6 Å². The topological polar surface area (TPSA) is 49.8 Å². The third kappa shape index (κ3) is 3.16. The summed E-state index contributed by atoms with van der Waals surface area (Å²) in [5.41, 5.74) is 2.20. The molecule has 0 bridgehead atoms. The van der Waals surface area contributed by atoms with Gasteiger partial charge in [0, 0.05) is 18.2 Å². The first-order valence-corrected chi connectivity index (χ1v) is 6.82. The Labute approximate surface area is 124 Å². The molecule has 0 heterocycles. The van der Waals surface area contributed by atoms with Crippen molar-refractivity contribution in [1.29, 1.82) is 0 Å². The summed E-state index contributed by atoms with van der Waals surface area (Å²) in [5, 5.41) is 9.66. The number of nitrogens with zero attached hydrogens (tertiary/aromatic N) is 1. The molecule has 0 aliphatic carbocycles. The van der Waals surface area contributed by atoms with Gasteiger partial charge in [0.05, 0.1) is 12.8 Å². The Morgan fingerprint density at radius 1 is 1.24 bits per heavy atom. The van der Waals surface area contributed by atoms with E-state index >= 15 is 0 Å². The van der Waals surface area contributed by atoms with Gasteiger partial charge in [0.15, 0.2) is 0 Å². The quantitative estimate of drug-likeness (QED) is 0.937. The first-order chi connectivity index (χ1) is 10.1. The van der Waals surface area contributed by atoms with Gasteiger partial charge >= 0.3 is 0 Å². The molecule has 0 saturated heterocycles. The van der Waals surface area contributed by atoms with Gasteiger partial charge in [-0.3, -0.25) is 4.79 Å². The molecular weight excluding hydrogens is 266 g/mol. The Hall–Kier alpha value is -2.49. The maximum absolute atomic E-state index is 12.7. The molecule has 0 fully saturated rings. The number of carbonyl (C=O) groups excluding carboxylic acids is 1. The van der Waals surface area contributed by atoms with Crippen molar-refractivity contribution in [2.24, 2.45) is 0 Å². The Bertz CT molecular complexity index is 652. The van der Waals surface area contributed by atoms with Crippen LogP contribution in [0.25, 0.3) is 0 Å². The summed E-state index contributed by atoms with van der Waals surface area (Å²) in [6.45, 7) is 4.33. The molecule has 2 aromatic carbocycles. The van der Waals surface area contributed by atoms with E-state index in [1.165, 1.54) is 0 Å². The fourth-order valence-electron chi connectivity index (χ4n) is 2.22. The lowest BCUT2D eigenvalue weighted by Gasteiger charge is -2.23. The van der Waals surface area contributed by atoms with E-state index in [0.29, 0.717) is 23.5 Å². The van der Waals surface area contributed by atoms with Crippen molar-refractivity contribution < 1.29 is 14.6 Å². The largest absolute Gasteiger partial charge is 0.508 e. The average molecular weight is 285 g/mol. The normalized spacial score (nSPS) is 10.2. The number of anilines is 1. The summed E-state index contributed by atoms with van der Waals surface area (Å²) in [6.07, 6.45) is 0. The van der Waals surface area contributed by atoms with Crippen LogP contribution in [0.4, 0.5) is 5.69 Å². The zero-order valence-electron chi connectivity index (χ0n) is 12.5. The molecule has 1 amide bonds. The van der Waals surface area contributed by atoms with Crippen LogP contribution >= 0.6 is 0 Å². The summed E-state index contributed by atoms with van der Waals surface area (Å²) >= 11 is 0. The number of amides is 1. The third-order valence-corrected chi connectivity index (χ3v) is 3.36. The van der Waals surface area contributed by atoms with Crippen LogP contribution in [0.2, 0.25) is 0 Å². The molecule has 0 radical (unpaired) electrons. The number of hydrogen-bond acceptors (Lipinski definition) is 3. The zero-order chi connectivity index (χ0) is 15.4. The van der Waals surface area contributed by atoms with E-state index in [1.54, 1.807) is 54.5 Å². The van der Waals surface area contributed by atoms with E-state index in [4.69, 9.17) is 4.74 Å². The lowest BCUT2D eigenvalue weighted by molar-refractivity contribution is 0.0988. The number of aryl methyl sites for hydroxylation is 1. The molecule has 0 saturated carbocycles. The van der Waals surface area contributed by atoms with Crippen LogP contribution in [0, 0.1) is 6.92 Å². The fourth-order valence-corrected chi connectivity index (χ4v) is 2.22. The second-order valence-corrected chi connectivity index (χ2v) is 4.75. The number of aromatic hydroxyl groups is 1. The van der Waals surface area contributed by atoms with Crippen LogP contribution in [-0.4, -0.2) is 24.7 Å². The zero-order valence-corrected chi connectivity index (χ0v) is 12.5. The van der Waals surface area contributed by atoms with Gasteiger partial charge in [0.25, 0.3) is 5.91 Å². The SMILES string of the molecule is CCN(C(=O)c1cccc(OC)c1)c1cc(O)ccc1C. The molecule has 1 N–H and O–H groups in total. The molecule has 0 aromatic heterocycles. The predicted octanol–water partition coefficient (Wildman–Crippen LogP) is 3.38. The number of phenols is 1. The van der Waals surface area contributed by atoms with E-state index in [1.807, 2.05) is 13.8 Å². The minimum atomic E-state index is -0.120. The fraction of sp³-hybridized carbons (Fsp3) is 0.235. The van der Waals surface area contributed by atoms with Crippen LogP contribution in [0.1, 0.15) is 22.8 Å². The molecule has 0 unspecified atom stereocenters. The van der Waals surface area contributed by atoms with E-state index in [0.717, 1.165) is 5.56 Å². The lowest BCUT2D eigenvalue weighted by Crippen LogP contribution is -2.31. The van der Waals surface area contributed by atoms with E-state index < -0.39 is 0 Å². The highest BCUT2D eigenvalue weighted by Gasteiger charge is 2.18. The second kappa shape index (κ2) is 6.31. The van der Waals surface area contributed by atoms with E-state index in [9.17, 15) is 9.90 Å². The highest BCUT2D eigenvalue weighted by atomic mass is 16.5. The van der Waals surface area contributed by atoms with Crippen LogP contribution in [0.5, 0.6) is 11.5 Å². The molecule has 4 heteroatoms. The van der Waals surface area contributed by atoms with E-state index in [2.05, 4.69) is 0 Å². The summed E-state index contributed by atoms with van der Waals surface area (Å²) in [7, 11) is 1.57. The van der Waals surface area contributed by atoms with Crippen LogP contribution < -0.4 is 9.64 Å². The molecule has 110 valence electrons. The molecule has 2 rings (SSSR count). The Balaban J connectivity index is 2.40. The number of phenolic OH excluding ortho intramolecular Hbond substituents is 1. The van der Waals surface area contributed by atoms with Gasteiger partial charge in [0.2, 0.25) is 0 Å². The highest BCUT2D eigenvalue weighted by molar-refractivity contribution is 6.06. The third-order valence-electron chi connectivity index (χ3n) is 3.36. The molecule has 0 aliphatic rings. The summed E-state index contributed by atoms with van der Waals surface area (Å²) in [6, 6.07) is 12.1. The standard InChI is InChI=1S/C17H19NO3/c1-4-18(16-11-14(19)9-8-12(16)2)17(20)13-6-5-7-15(10-13)21-3/h5-11,19H,4H2,1-3H3. The van der Waals surface area contributed by atoms with Gasteiger partial charge in [-0.05, 0) is 43.7 Å². The summed E-state index contributed by atoms with van der Waals surface area (Å²) in [5.74, 6) is 0.669. The van der Waals surface area contributed by atoms with Crippen LogP contribution in [-0.2, 0) is 0 Å². The van der Waals surface area contributed by atoms with Crippen LogP contribution in [0.3, 0.4) is 0 Å². The molecule has 0 aliphatic heterocycles. The van der Waals surface area contributed by atoms with Gasteiger partial charge < -0.3 is 14.7 Å². The number of rotatable bonds is 4. The van der Waals surface area contributed by atoms with Gasteiger partial charge in [-0.25, -0.2) is 0 Å². The second-order valence-electron chi connectivity index (χ2n) is 4.75. The first kappa shape index (κ1) is 14.9. The van der Waals surface area contributed by atoms with Crippen molar-refractivity contribution in [3.63, 3.8) is 0 Å². The maximum atomic E-state index is 12.7. The number of carbonyl (C=O) groups is 1. The van der Waals surface area contributed by atoms with Crippen molar-refractivity contribution in [3.8, 4) is 11.5 Å². The van der Waals surface area contributed by atoms with E-state index in [-0.39, 0.29) is 11.7 Å². The summed E-state index contributed by atoms with van der Waals surface area (Å²) in [4.78, 5) is 14.3. The average Bonchev–Trinajstić information content (AvgIpc) is 2.51. The number of methoxy groups -OCH3 is 1.